The number of nitrogens with zero attached hydrogens (tertiary/aromatic N) is 3. The van der Waals surface area contributed by atoms with Gasteiger partial charge in [0.15, 0.2) is 4.34 Å². The van der Waals surface area contributed by atoms with Crippen LogP contribution in [0.2, 0.25) is 0 Å². The highest BCUT2D eigenvalue weighted by Gasteiger charge is 2.10. The first kappa shape index (κ1) is 18.9. The topological polar surface area (TPSA) is 87.9 Å². The van der Waals surface area contributed by atoms with Gasteiger partial charge in [-0.25, -0.2) is 0 Å². The number of carbonyl (C=O) groups excluding carboxylic acids is 1. The molecule has 0 saturated carbocycles. The van der Waals surface area contributed by atoms with Crippen molar-refractivity contribution in [3.8, 4) is 11.8 Å². The van der Waals surface area contributed by atoms with Crippen LogP contribution in [-0.2, 0) is 17.0 Å². The van der Waals surface area contributed by atoms with E-state index in [1.165, 1.54) is 23.1 Å². The average Bonchev–Trinajstić information content (AvgIpc) is 3.14. The minimum absolute atomic E-state index is 0.150. The molecule has 0 aliphatic rings. The van der Waals surface area contributed by atoms with Gasteiger partial charge in [-0.2, -0.15) is 5.26 Å². The van der Waals surface area contributed by atoms with E-state index >= 15 is 0 Å². The molecule has 0 bridgehead atoms. The van der Waals surface area contributed by atoms with Crippen molar-refractivity contribution in [2.75, 3.05) is 12.4 Å². The molecular formula is C19H16N4O2S2. The Labute approximate surface area is 165 Å². The van der Waals surface area contributed by atoms with Gasteiger partial charge in [0.05, 0.1) is 25.2 Å². The predicted molar refractivity (Wildman–Crippen MR) is 106 cm³/mol. The Morgan fingerprint density at radius 3 is 2.74 bits per heavy atom. The number of rotatable bonds is 7. The van der Waals surface area contributed by atoms with E-state index in [0.717, 1.165) is 21.2 Å². The first-order chi connectivity index (χ1) is 13.2. The van der Waals surface area contributed by atoms with Crippen molar-refractivity contribution in [1.29, 1.82) is 5.26 Å². The molecule has 0 saturated heterocycles. The summed E-state index contributed by atoms with van der Waals surface area (Å²) in [6, 6.07) is 17.0. The van der Waals surface area contributed by atoms with E-state index in [-0.39, 0.29) is 12.3 Å². The highest BCUT2D eigenvalue weighted by Crippen LogP contribution is 2.29. The highest BCUT2D eigenvalue weighted by atomic mass is 32.2. The molecule has 0 unspecified atom stereocenters. The standard InChI is InChI=1S/C19H16N4O2S2/c1-25-16-8-6-13(7-9-16)10-17(24)21-18-22-23-19(27-18)26-12-15-5-3-2-4-14(15)11-20/h2-9H,10,12H2,1H3,(H,21,22,24). The molecule has 0 aliphatic carbocycles. The van der Waals surface area contributed by atoms with Gasteiger partial charge in [-0.05, 0) is 29.3 Å². The summed E-state index contributed by atoms with van der Waals surface area (Å²) in [4.78, 5) is 12.2. The second-order valence-corrected chi connectivity index (χ2v) is 7.70. The third kappa shape index (κ3) is 5.29. The molecule has 27 heavy (non-hydrogen) atoms. The third-order valence-corrected chi connectivity index (χ3v) is 5.69. The Hall–Kier alpha value is -2.89. The molecule has 0 atom stereocenters. The van der Waals surface area contributed by atoms with Crippen LogP contribution in [0.3, 0.4) is 0 Å². The summed E-state index contributed by atoms with van der Waals surface area (Å²) < 4.78 is 5.84. The zero-order chi connectivity index (χ0) is 19.1. The maximum Gasteiger partial charge on any atom is 0.230 e. The number of ether oxygens (including phenoxy) is 1. The fourth-order valence-corrected chi connectivity index (χ4v) is 4.08. The molecule has 1 heterocycles. The van der Waals surface area contributed by atoms with Gasteiger partial charge < -0.3 is 10.1 Å². The molecule has 0 radical (unpaired) electrons. The third-order valence-electron chi connectivity index (χ3n) is 3.67. The summed E-state index contributed by atoms with van der Waals surface area (Å²) in [6.45, 7) is 0. The Kier molecular flexibility index (Phi) is 6.41. The molecule has 136 valence electrons. The molecular weight excluding hydrogens is 380 g/mol. The molecule has 3 rings (SSSR count). The van der Waals surface area contributed by atoms with Crippen LogP contribution in [-0.4, -0.2) is 23.2 Å². The molecule has 0 aliphatic heterocycles. The summed E-state index contributed by atoms with van der Waals surface area (Å²) in [5, 5.41) is 20.5. The Bertz CT molecular complexity index is 964. The fourth-order valence-electron chi connectivity index (χ4n) is 2.31. The normalized spacial score (nSPS) is 10.2. The molecule has 1 N–H and O–H groups in total. The monoisotopic (exact) mass is 396 g/mol. The van der Waals surface area contributed by atoms with Crippen LogP contribution in [0, 0.1) is 11.3 Å². The van der Waals surface area contributed by atoms with Gasteiger partial charge in [-0.3, -0.25) is 4.79 Å². The molecule has 0 spiro atoms. The average molecular weight is 396 g/mol. The summed E-state index contributed by atoms with van der Waals surface area (Å²) >= 11 is 2.80. The van der Waals surface area contributed by atoms with E-state index in [4.69, 9.17) is 10.00 Å². The molecule has 1 amide bonds. The van der Waals surface area contributed by atoms with Crippen LogP contribution in [0.25, 0.3) is 0 Å². The van der Waals surface area contributed by atoms with E-state index in [9.17, 15) is 4.79 Å². The summed E-state index contributed by atoms with van der Waals surface area (Å²) in [5.41, 5.74) is 2.49. The molecule has 8 heteroatoms. The van der Waals surface area contributed by atoms with Gasteiger partial charge in [0.2, 0.25) is 11.0 Å². The number of benzene rings is 2. The van der Waals surface area contributed by atoms with Gasteiger partial charge >= 0.3 is 0 Å². The number of hydrogen-bond acceptors (Lipinski definition) is 7. The first-order valence-electron chi connectivity index (χ1n) is 8.05. The number of thioether (sulfide) groups is 1. The van der Waals surface area contributed by atoms with Crippen molar-refractivity contribution in [1.82, 2.24) is 10.2 Å². The molecule has 1 aromatic heterocycles. The largest absolute Gasteiger partial charge is 0.497 e. The molecule has 6 nitrogen and oxygen atoms in total. The van der Waals surface area contributed by atoms with E-state index in [1.54, 1.807) is 13.2 Å². The van der Waals surface area contributed by atoms with Crippen LogP contribution in [0.5, 0.6) is 5.75 Å². The minimum atomic E-state index is -0.150. The van der Waals surface area contributed by atoms with Crippen molar-refractivity contribution in [2.45, 2.75) is 16.5 Å². The number of carbonyl (C=O) groups is 1. The quantitative estimate of drug-likeness (QED) is 0.481. The summed E-state index contributed by atoms with van der Waals surface area (Å²) in [6.07, 6.45) is 0.252. The smallest absolute Gasteiger partial charge is 0.230 e. The number of nitriles is 1. The highest BCUT2D eigenvalue weighted by molar-refractivity contribution is 8.00. The Morgan fingerprint density at radius 2 is 2.00 bits per heavy atom. The lowest BCUT2D eigenvalue weighted by Crippen LogP contribution is -2.14. The van der Waals surface area contributed by atoms with Crippen LogP contribution in [0.4, 0.5) is 5.13 Å². The zero-order valence-electron chi connectivity index (χ0n) is 14.5. The number of amides is 1. The van der Waals surface area contributed by atoms with Gasteiger partial charge in [-0.1, -0.05) is 53.4 Å². The molecule has 3 aromatic rings. The van der Waals surface area contributed by atoms with E-state index in [1.807, 2.05) is 42.5 Å². The zero-order valence-corrected chi connectivity index (χ0v) is 16.1. The van der Waals surface area contributed by atoms with Crippen LogP contribution in [0.15, 0.2) is 52.9 Å². The van der Waals surface area contributed by atoms with Crippen LogP contribution in [0.1, 0.15) is 16.7 Å². The maximum atomic E-state index is 12.2. The van der Waals surface area contributed by atoms with Crippen molar-refractivity contribution < 1.29 is 9.53 Å². The number of anilines is 1. The van der Waals surface area contributed by atoms with Crippen molar-refractivity contribution in [3.05, 3.63) is 65.2 Å². The summed E-state index contributed by atoms with van der Waals surface area (Å²) in [5.74, 6) is 1.23. The lowest BCUT2D eigenvalue weighted by atomic mass is 10.1. The predicted octanol–water partition coefficient (Wildman–Crippen LogP) is 3.89. The van der Waals surface area contributed by atoms with Crippen molar-refractivity contribution in [3.63, 3.8) is 0 Å². The number of hydrogen-bond donors (Lipinski definition) is 1. The lowest BCUT2D eigenvalue weighted by Gasteiger charge is -2.03. The Morgan fingerprint density at radius 1 is 1.22 bits per heavy atom. The lowest BCUT2D eigenvalue weighted by molar-refractivity contribution is -0.115. The maximum absolute atomic E-state index is 12.2. The second kappa shape index (κ2) is 9.16. The Balaban J connectivity index is 1.54. The van der Waals surface area contributed by atoms with Gasteiger partial charge in [-0.15, -0.1) is 10.2 Å². The van der Waals surface area contributed by atoms with Gasteiger partial charge in [0.1, 0.15) is 5.75 Å². The van der Waals surface area contributed by atoms with Gasteiger partial charge in [0, 0.05) is 5.75 Å². The van der Waals surface area contributed by atoms with Crippen LogP contribution < -0.4 is 10.1 Å². The van der Waals surface area contributed by atoms with E-state index < -0.39 is 0 Å². The molecule has 2 aromatic carbocycles. The van der Waals surface area contributed by atoms with Crippen molar-refractivity contribution in [2.24, 2.45) is 0 Å². The number of methoxy groups -OCH3 is 1. The van der Waals surface area contributed by atoms with Crippen LogP contribution >= 0.6 is 23.1 Å². The molecule has 0 fully saturated rings. The SMILES string of the molecule is COc1ccc(CC(=O)Nc2nnc(SCc3ccccc3C#N)s2)cc1. The second-order valence-electron chi connectivity index (χ2n) is 5.50. The van der Waals surface area contributed by atoms with E-state index in [2.05, 4.69) is 21.6 Å². The number of nitrogens with one attached hydrogen (secondary N) is 1. The van der Waals surface area contributed by atoms with Gasteiger partial charge in [0.25, 0.3) is 0 Å². The summed E-state index contributed by atoms with van der Waals surface area (Å²) in [7, 11) is 1.60. The first-order valence-corrected chi connectivity index (χ1v) is 9.85. The minimum Gasteiger partial charge on any atom is -0.497 e. The number of aromatic nitrogens is 2. The van der Waals surface area contributed by atoms with Crippen molar-refractivity contribution >= 4 is 34.1 Å². The fraction of sp³-hybridized carbons (Fsp3) is 0.158. The van der Waals surface area contributed by atoms with E-state index in [0.29, 0.717) is 16.4 Å².